The number of nitrogens with one attached hydrogen (secondary N) is 3. The summed E-state index contributed by atoms with van der Waals surface area (Å²) in [7, 11) is 1.55. The van der Waals surface area contributed by atoms with E-state index in [2.05, 4.69) is 25.9 Å². The average molecular weight is 485 g/mol. The van der Waals surface area contributed by atoms with Crippen molar-refractivity contribution in [3.63, 3.8) is 0 Å². The third kappa shape index (κ3) is 7.08. The topological polar surface area (TPSA) is 121 Å². The minimum Gasteiger partial charge on any atom is -0.403 e. The molecule has 3 rings (SSSR count). The van der Waals surface area contributed by atoms with Crippen molar-refractivity contribution >= 4 is 29.4 Å². The summed E-state index contributed by atoms with van der Waals surface area (Å²) in [6, 6.07) is 4.31. The first-order chi connectivity index (χ1) is 16.8. The fourth-order valence-corrected chi connectivity index (χ4v) is 4.08. The molecule has 5 N–H and O–H groups in total. The van der Waals surface area contributed by atoms with Crippen LogP contribution in [0.5, 0.6) is 0 Å². The third-order valence-corrected chi connectivity index (χ3v) is 5.87. The van der Waals surface area contributed by atoms with E-state index in [1.54, 1.807) is 14.0 Å². The number of pyridine rings is 1. The molecule has 10 heteroatoms. The van der Waals surface area contributed by atoms with Gasteiger partial charge in [0.05, 0.1) is 23.3 Å². The number of aliphatic imine (C=N–C) groups is 1. The summed E-state index contributed by atoms with van der Waals surface area (Å²) in [5, 5.41) is 8.12. The number of aromatic nitrogens is 1. The van der Waals surface area contributed by atoms with Gasteiger partial charge in [0.25, 0.3) is 5.91 Å². The number of hydrogen-bond acceptors (Lipinski definition) is 6. The lowest BCUT2D eigenvalue weighted by atomic mass is 9.97. The van der Waals surface area contributed by atoms with Gasteiger partial charge in [0.2, 0.25) is 5.91 Å². The molecule has 0 spiro atoms. The first kappa shape index (κ1) is 25.8. The number of nitrogens with zero attached hydrogens (tertiary/aromatic N) is 2. The Hall–Kier alpha value is -3.82. The average Bonchev–Trinajstić information content (AvgIpc) is 3.35. The van der Waals surface area contributed by atoms with Crippen molar-refractivity contribution in [1.29, 1.82) is 0 Å². The summed E-state index contributed by atoms with van der Waals surface area (Å²) in [6.45, 7) is 1.68. The second-order valence-corrected chi connectivity index (χ2v) is 8.54. The molecular formula is C25H30F2N6O2. The first-order valence-electron chi connectivity index (χ1n) is 11.4. The van der Waals surface area contributed by atoms with Crippen molar-refractivity contribution in [2.24, 2.45) is 16.6 Å². The molecule has 1 atom stereocenters. The zero-order chi connectivity index (χ0) is 25.4. The van der Waals surface area contributed by atoms with Crippen LogP contribution in [0.4, 0.5) is 20.2 Å². The van der Waals surface area contributed by atoms with Crippen LogP contribution in [0.1, 0.15) is 48.2 Å². The summed E-state index contributed by atoms with van der Waals surface area (Å²) >= 11 is 0. The lowest BCUT2D eigenvalue weighted by molar-refractivity contribution is -0.122. The lowest BCUT2D eigenvalue weighted by Gasteiger charge is -2.22. The molecule has 1 aliphatic rings. The molecule has 1 fully saturated rings. The summed E-state index contributed by atoms with van der Waals surface area (Å²) < 4.78 is 28.5. The zero-order valence-electron chi connectivity index (χ0n) is 19.8. The highest BCUT2D eigenvalue weighted by Gasteiger charge is 2.27. The number of carbonyl (C=O) groups is 2. The van der Waals surface area contributed by atoms with Gasteiger partial charge >= 0.3 is 0 Å². The molecule has 2 aromatic rings. The second-order valence-electron chi connectivity index (χ2n) is 8.54. The Labute approximate surface area is 203 Å². The molecule has 1 unspecified atom stereocenters. The fourth-order valence-electron chi connectivity index (χ4n) is 4.08. The van der Waals surface area contributed by atoms with Crippen LogP contribution in [0.15, 0.2) is 47.4 Å². The number of nitrogens with two attached hydrogens (primary N) is 1. The van der Waals surface area contributed by atoms with Crippen molar-refractivity contribution < 1.29 is 18.4 Å². The molecule has 0 bridgehead atoms. The van der Waals surface area contributed by atoms with E-state index in [4.69, 9.17) is 5.73 Å². The normalized spacial score (nSPS) is 15.3. The molecule has 2 amide bonds. The number of allylic oxidation sites excluding steroid dienone is 1. The van der Waals surface area contributed by atoms with Crippen LogP contribution >= 0.6 is 0 Å². The van der Waals surface area contributed by atoms with E-state index in [9.17, 15) is 18.4 Å². The SMILES string of the molecule is CN=C/C(=C\N)NC(=O)C(CC1CCCC1)NC(=O)c1ccc(F)c(Nc2cc(C)ncc2F)c1. The molecular weight excluding hydrogens is 454 g/mol. The number of hydrogen-bond donors (Lipinski definition) is 4. The van der Waals surface area contributed by atoms with Gasteiger partial charge in [-0.15, -0.1) is 0 Å². The highest BCUT2D eigenvalue weighted by Crippen LogP contribution is 2.29. The summed E-state index contributed by atoms with van der Waals surface area (Å²) in [4.78, 5) is 33.7. The van der Waals surface area contributed by atoms with E-state index < -0.39 is 29.5 Å². The molecule has 1 aromatic carbocycles. The maximum absolute atomic E-state index is 14.4. The van der Waals surface area contributed by atoms with Gasteiger partial charge in [0, 0.05) is 30.7 Å². The van der Waals surface area contributed by atoms with Gasteiger partial charge in [0.15, 0.2) is 5.82 Å². The predicted octanol–water partition coefficient (Wildman–Crippen LogP) is 3.71. The van der Waals surface area contributed by atoms with Gasteiger partial charge in [-0.05, 0) is 43.5 Å². The molecule has 0 saturated heterocycles. The van der Waals surface area contributed by atoms with E-state index in [-0.39, 0.29) is 16.9 Å². The largest absolute Gasteiger partial charge is 0.403 e. The van der Waals surface area contributed by atoms with Crippen molar-refractivity contribution in [1.82, 2.24) is 15.6 Å². The van der Waals surface area contributed by atoms with Gasteiger partial charge in [-0.3, -0.25) is 19.6 Å². The minimum absolute atomic E-state index is 0.0335. The number of benzene rings is 1. The molecule has 0 aliphatic heterocycles. The van der Waals surface area contributed by atoms with Gasteiger partial charge in [-0.2, -0.15) is 0 Å². The number of aryl methyl sites for hydroxylation is 1. The Morgan fingerprint density at radius 1 is 1.20 bits per heavy atom. The molecule has 186 valence electrons. The number of amides is 2. The molecule has 1 saturated carbocycles. The standard InChI is InChI=1S/C25H30F2N6O2/c1-15-9-21(20(27)14-30-15)32-22-11-17(7-8-19(22)26)24(34)33-23(10-16-5-3-4-6-16)25(35)31-18(12-28)13-29-2/h7-9,11-14,16,23H,3-6,10,28H2,1-2H3,(H,30,32)(H,31,35)(H,33,34)/b18-12+,29-13?. The third-order valence-electron chi connectivity index (χ3n) is 5.87. The number of halogens is 2. The number of carbonyl (C=O) groups excluding carboxylic acids is 2. The van der Waals surface area contributed by atoms with Crippen LogP contribution < -0.4 is 21.7 Å². The second kappa shape index (κ2) is 12.0. The minimum atomic E-state index is -0.826. The highest BCUT2D eigenvalue weighted by atomic mass is 19.1. The molecule has 8 nitrogen and oxygen atoms in total. The lowest BCUT2D eigenvalue weighted by Crippen LogP contribution is -2.47. The monoisotopic (exact) mass is 484 g/mol. The maximum Gasteiger partial charge on any atom is 0.252 e. The fraction of sp³-hybridized carbons (Fsp3) is 0.360. The van der Waals surface area contributed by atoms with Crippen LogP contribution in [0.25, 0.3) is 0 Å². The highest BCUT2D eigenvalue weighted by molar-refractivity contribution is 5.99. The Balaban J connectivity index is 1.79. The smallest absolute Gasteiger partial charge is 0.252 e. The first-order valence-corrected chi connectivity index (χ1v) is 11.4. The summed E-state index contributed by atoms with van der Waals surface area (Å²) in [5.41, 5.74) is 6.48. The van der Waals surface area contributed by atoms with Crippen LogP contribution in [-0.4, -0.2) is 36.1 Å². The van der Waals surface area contributed by atoms with Gasteiger partial charge in [0.1, 0.15) is 11.9 Å². The van der Waals surface area contributed by atoms with Crippen molar-refractivity contribution in [2.75, 3.05) is 12.4 Å². The quantitative estimate of drug-likeness (QED) is 0.404. The van der Waals surface area contributed by atoms with Crippen LogP contribution in [0, 0.1) is 24.5 Å². The molecule has 1 heterocycles. The van der Waals surface area contributed by atoms with E-state index in [0.717, 1.165) is 37.9 Å². The molecule has 1 aliphatic carbocycles. The van der Waals surface area contributed by atoms with Gasteiger partial charge < -0.3 is 21.7 Å². The van der Waals surface area contributed by atoms with Crippen molar-refractivity contribution in [2.45, 2.75) is 45.1 Å². The Bertz CT molecular complexity index is 1130. The number of rotatable bonds is 9. The molecule has 0 radical (unpaired) electrons. The van der Waals surface area contributed by atoms with Gasteiger partial charge in [-0.25, -0.2) is 8.78 Å². The van der Waals surface area contributed by atoms with Crippen molar-refractivity contribution in [3.8, 4) is 0 Å². The Morgan fingerprint density at radius 3 is 2.60 bits per heavy atom. The van der Waals surface area contributed by atoms with Gasteiger partial charge in [-0.1, -0.05) is 25.7 Å². The Kier molecular flexibility index (Phi) is 8.88. The van der Waals surface area contributed by atoms with E-state index in [1.807, 2.05) is 0 Å². The summed E-state index contributed by atoms with van der Waals surface area (Å²) in [5.74, 6) is -1.99. The Morgan fingerprint density at radius 2 is 1.91 bits per heavy atom. The van der Waals surface area contributed by atoms with Crippen molar-refractivity contribution in [3.05, 3.63) is 65.3 Å². The van der Waals surface area contributed by atoms with E-state index in [1.165, 1.54) is 30.6 Å². The molecule has 1 aromatic heterocycles. The van der Waals surface area contributed by atoms with Crippen LogP contribution in [0.2, 0.25) is 0 Å². The van der Waals surface area contributed by atoms with Crippen LogP contribution in [0.3, 0.4) is 0 Å². The number of anilines is 2. The summed E-state index contributed by atoms with van der Waals surface area (Å²) in [6.07, 6.45) is 8.26. The zero-order valence-corrected chi connectivity index (χ0v) is 19.8. The van der Waals surface area contributed by atoms with E-state index >= 15 is 0 Å². The van der Waals surface area contributed by atoms with Crippen LogP contribution in [-0.2, 0) is 4.79 Å². The molecule has 35 heavy (non-hydrogen) atoms. The van der Waals surface area contributed by atoms with E-state index in [0.29, 0.717) is 23.7 Å². The predicted molar refractivity (Wildman–Crippen MR) is 131 cm³/mol. The maximum atomic E-state index is 14.4.